The first-order chi connectivity index (χ1) is 11.6. The summed E-state index contributed by atoms with van der Waals surface area (Å²) in [6, 6.07) is 15.3. The molecular weight excluding hydrogens is 300 g/mol. The van der Waals surface area contributed by atoms with Crippen molar-refractivity contribution in [3.05, 3.63) is 65.6 Å². The van der Waals surface area contributed by atoms with E-state index in [2.05, 4.69) is 9.97 Å². The van der Waals surface area contributed by atoms with Gasteiger partial charge in [-0.15, -0.1) is 0 Å². The van der Waals surface area contributed by atoms with Gasteiger partial charge in [0.15, 0.2) is 0 Å². The van der Waals surface area contributed by atoms with Gasteiger partial charge in [-0.2, -0.15) is 0 Å². The highest BCUT2D eigenvalue weighted by Gasteiger charge is 2.16. The summed E-state index contributed by atoms with van der Waals surface area (Å²) in [4.78, 5) is 9.04. The molecule has 0 spiro atoms. The van der Waals surface area contributed by atoms with Crippen LogP contribution < -0.4 is 16.2 Å². The summed E-state index contributed by atoms with van der Waals surface area (Å²) < 4.78 is 5.68. The van der Waals surface area contributed by atoms with Crippen LogP contribution in [0.3, 0.4) is 0 Å². The maximum atomic E-state index is 6.49. The number of fused-ring (bicyclic) bond motifs is 1. The first-order valence-electron chi connectivity index (χ1n) is 8.06. The lowest BCUT2D eigenvalue weighted by Crippen LogP contribution is -2.17. The minimum absolute atomic E-state index is 0.141. The van der Waals surface area contributed by atoms with Gasteiger partial charge in [0.1, 0.15) is 11.6 Å². The number of ether oxygens (including phenoxy) is 1. The quantitative estimate of drug-likeness (QED) is 0.754. The fourth-order valence-electron chi connectivity index (χ4n) is 2.66. The van der Waals surface area contributed by atoms with Crippen LogP contribution in [0.4, 0.5) is 0 Å². The van der Waals surface area contributed by atoms with E-state index in [1.54, 1.807) is 0 Å². The molecule has 3 rings (SSSR count). The third-order valence-corrected chi connectivity index (χ3v) is 3.77. The van der Waals surface area contributed by atoms with Crippen LogP contribution in [-0.2, 0) is 6.54 Å². The number of hydrogen-bond acceptors (Lipinski definition) is 5. The van der Waals surface area contributed by atoms with Crippen molar-refractivity contribution in [2.45, 2.75) is 32.5 Å². The lowest BCUT2D eigenvalue weighted by molar-refractivity contribution is 0.242. The topological polar surface area (TPSA) is 87.0 Å². The van der Waals surface area contributed by atoms with E-state index in [1.807, 2.05) is 62.4 Å². The normalized spacial score (nSPS) is 12.5. The molecular formula is C19H22N4O. The lowest BCUT2D eigenvalue weighted by Gasteiger charge is -2.16. The van der Waals surface area contributed by atoms with Crippen LogP contribution in [0, 0.1) is 0 Å². The predicted molar refractivity (Wildman–Crippen MR) is 95.7 cm³/mol. The average molecular weight is 322 g/mol. The highest BCUT2D eigenvalue weighted by molar-refractivity contribution is 5.81. The van der Waals surface area contributed by atoms with Crippen molar-refractivity contribution in [3.63, 3.8) is 0 Å². The third kappa shape index (κ3) is 3.37. The number of hydrogen-bond donors (Lipinski definition) is 2. The molecule has 0 saturated heterocycles. The average Bonchev–Trinajstić information content (AvgIpc) is 2.60. The highest BCUT2D eigenvalue weighted by atomic mass is 16.5. The molecule has 5 nitrogen and oxygen atoms in total. The first-order valence-corrected chi connectivity index (χ1v) is 8.06. The van der Waals surface area contributed by atoms with Gasteiger partial charge in [0, 0.05) is 5.39 Å². The van der Waals surface area contributed by atoms with E-state index in [0.29, 0.717) is 5.82 Å². The van der Waals surface area contributed by atoms with Gasteiger partial charge in [-0.05, 0) is 37.6 Å². The molecule has 1 heterocycles. The molecule has 0 saturated carbocycles. The van der Waals surface area contributed by atoms with Gasteiger partial charge in [0.25, 0.3) is 0 Å². The van der Waals surface area contributed by atoms with E-state index >= 15 is 0 Å². The fraction of sp³-hybridized carbons (Fsp3) is 0.263. The second-order valence-electron chi connectivity index (χ2n) is 5.96. The van der Waals surface area contributed by atoms with Gasteiger partial charge in [0.2, 0.25) is 0 Å². The van der Waals surface area contributed by atoms with Gasteiger partial charge in [0.05, 0.1) is 29.9 Å². The molecule has 1 unspecified atom stereocenters. The molecule has 24 heavy (non-hydrogen) atoms. The summed E-state index contributed by atoms with van der Waals surface area (Å²) in [6.45, 7) is 4.29. The van der Waals surface area contributed by atoms with Gasteiger partial charge in [-0.1, -0.05) is 30.3 Å². The zero-order chi connectivity index (χ0) is 17.1. The summed E-state index contributed by atoms with van der Waals surface area (Å²) >= 11 is 0. The number of nitrogens with zero attached hydrogens (tertiary/aromatic N) is 2. The van der Waals surface area contributed by atoms with Crippen molar-refractivity contribution in [3.8, 4) is 5.75 Å². The molecule has 1 aromatic heterocycles. The molecule has 0 amide bonds. The van der Waals surface area contributed by atoms with Crippen LogP contribution in [0.5, 0.6) is 5.75 Å². The summed E-state index contributed by atoms with van der Waals surface area (Å²) in [5, 5.41) is 0.949. The number of benzene rings is 2. The van der Waals surface area contributed by atoms with E-state index in [0.717, 1.165) is 27.9 Å². The Hall–Kier alpha value is -2.50. The molecule has 0 radical (unpaired) electrons. The molecule has 2 aromatic carbocycles. The molecule has 0 bridgehead atoms. The Morgan fingerprint density at radius 3 is 2.38 bits per heavy atom. The predicted octanol–water partition coefficient (Wildman–Crippen LogP) is 2.92. The molecule has 5 heteroatoms. The van der Waals surface area contributed by atoms with Crippen LogP contribution in [0.2, 0.25) is 0 Å². The molecule has 1 atom stereocenters. The second kappa shape index (κ2) is 6.95. The monoisotopic (exact) mass is 322 g/mol. The van der Waals surface area contributed by atoms with E-state index in [-0.39, 0.29) is 18.7 Å². The van der Waals surface area contributed by atoms with Crippen LogP contribution in [0.15, 0.2) is 48.5 Å². The molecule has 0 aliphatic carbocycles. The molecule has 0 aliphatic rings. The molecule has 0 fully saturated rings. The summed E-state index contributed by atoms with van der Waals surface area (Å²) in [7, 11) is 0. The zero-order valence-corrected chi connectivity index (χ0v) is 13.9. The smallest absolute Gasteiger partial charge is 0.142 e. The van der Waals surface area contributed by atoms with Gasteiger partial charge in [-0.3, -0.25) is 0 Å². The van der Waals surface area contributed by atoms with Crippen LogP contribution in [0.1, 0.15) is 37.0 Å². The van der Waals surface area contributed by atoms with Crippen molar-refractivity contribution in [1.29, 1.82) is 0 Å². The van der Waals surface area contributed by atoms with Gasteiger partial charge >= 0.3 is 0 Å². The third-order valence-electron chi connectivity index (χ3n) is 3.77. The van der Waals surface area contributed by atoms with Crippen molar-refractivity contribution >= 4 is 10.9 Å². The number of aromatic nitrogens is 2. The highest BCUT2D eigenvalue weighted by Crippen LogP contribution is 2.26. The Bertz CT molecular complexity index is 830. The minimum atomic E-state index is -0.351. The Kier molecular flexibility index (Phi) is 4.74. The van der Waals surface area contributed by atoms with Crippen LogP contribution >= 0.6 is 0 Å². The fourth-order valence-corrected chi connectivity index (χ4v) is 2.66. The van der Waals surface area contributed by atoms with E-state index in [9.17, 15) is 0 Å². The lowest BCUT2D eigenvalue weighted by atomic mass is 10.0. The standard InChI is InChI=1S/C19H22N4O/c1-12(2)24-14-9-7-13(8-10-14)18(21)19-15-5-3-4-6-16(15)22-17(11-20)23-19/h3-10,12,18H,11,20-21H2,1-2H3. The maximum absolute atomic E-state index is 6.49. The van der Waals surface area contributed by atoms with Gasteiger partial charge < -0.3 is 16.2 Å². The van der Waals surface area contributed by atoms with E-state index in [4.69, 9.17) is 16.2 Å². The number of nitrogens with two attached hydrogens (primary N) is 2. The van der Waals surface area contributed by atoms with Crippen molar-refractivity contribution < 1.29 is 4.74 Å². The number of para-hydroxylation sites is 1. The minimum Gasteiger partial charge on any atom is -0.491 e. The number of rotatable bonds is 5. The largest absolute Gasteiger partial charge is 0.491 e. The van der Waals surface area contributed by atoms with Crippen LogP contribution in [-0.4, -0.2) is 16.1 Å². The molecule has 4 N–H and O–H groups in total. The zero-order valence-electron chi connectivity index (χ0n) is 13.9. The van der Waals surface area contributed by atoms with Crippen LogP contribution in [0.25, 0.3) is 10.9 Å². The Labute approximate surface area is 141 Å². The SMILES string of the molecule is CC(C)Oc1ccc(C(N)c2nc(CN)nc3ccccc23)cc1. The summed E-state index contributed by atoms with van der Waals surface area (Å²) in [5.41, 5.74) is 14.8. The van der Waals surface area contributed by atoms with E-state index in [1.165, 1.54) is 0 Å². The summed E-state index contributed by atoms with van der Waals surface area (Å²) in [5.74, 6) is 1.43. The van der Waals surface area contributed by atoms with Crippen molar-refractivity contribution in [1.82, 2.24) is 9.97 Å². The van der Waals surface area contributed by atoms with E-state index < -0.39 is 0 Å². The maximum Gasteiger partial charge on any atom is 0.142 e. The molecule has 3 aromatic rings. The van der Waals surface area contributed by atoms with Crippen molar-refractivity contribution in [2.24, 2.45) is 11.5 Å². The van der Waals surface area contributed by atoms with Gasteiger partial charge in [-0.25, -0.2) is 9.97 Å². The Morgan fingerprint density at radius 2 is 1.71 bits per heavy atom. The second-order valence-corrected chi connectivity index (χ2v) is 5.96. The molecule has 0 aliphatic heterocycles. The molecule has 124 valence electrons. The Morgan fingerprint density at radius 1 is 1.00 bits per heavy atom. The first kappa shape index (κ1) is 16.4. The summed E-state index contributed by atoms with van der Waals surface area (Å²) in [6.07, 6.45) is 0.141. The van der Waals surface area contributed by atoms with Crippen molar-refractivity contribution in [2.75, 3.05) is 0 Å². The Balaban J connectivity index is 2.00.